The van der Waals surface area contributed by atoms with E-state index < -0.39 is 43.6 Å². The Kier molecular flexibility index (Phi) is 6.25. The molecule has 3 fully saturated rings. The topological polar surface area (TPSA) is 142 Å². The van der Waals surface area contributed by atoms with E-state index in [-0.39, 0.29) is 64.0 Å². The van der Waals surface area contributed by atoms with E-state index in [0.717, 1.165) is 30.4 Å². The lowest BCUT2D eigenvalue weighted by Crippen LogP contribution is -2.61. The lowest BCUT2D eigenvalue weighted by Gasteiger charge is -2.45. The van der Waals surface area contributed by atoms with Crippen molar-refractivity contribution in [2.24, 2.45) is 34.0 Å². The van der Waals surface area contributed by atoms with Crippen LogP contribution in [0.4, 0.5) is 9.39 Å². The summed E-state index contributed by atoms with van der Waals surface area (Å²) in [6.45, 7) is 2.04. The zero-order chi connectivity index (χ0) is 27.9. The molecule has 2 saturated carbocycles. The second kappa shape index (κ2) is 9.18. The van der Waals surface area contributed by atoms with Gasteiger partial charge < -0.3 is 10.2 Å². The summed E-state index contributed by atoms with van der Waals surface area (Å²) in [5.41, 5.74) is 0.929. The van der Waals surface area contributed by atoms with Crippen LogP contribution in [0, 0.1) is 35.4 Å². The summed E-state index contributed by atoms with van der Waals surface area (Å²) >= 11 is 1.03. The molecule has 6 rings (SSSR count). The quantitative estimate of drug-likeness (QED) is 0.489. The molecule has 3 heterocycles. The molecule has 0 spiro atoms. The molecule has 1 amide bonds. The number of fused-ring (bicyclic) bond motifs is 6. The van der Waals surface area contributed by atoms with Crippen molar-refractivity contribution in [3.63, 3.8) is 0 Å². The number of amidine groups is 1. The van der Waals surface area contributed by atoms with Crippen molar-refractivity contribution in [1.82, 2.24) is 9.62 Å². The number of thiophene rings is 1. The van der Waals surface area contributed by atoms with Gasteiger partial charge in [-0.15, -0.1) is 15.7 Å². The number of likely N-dealkylation sites (tertiary alicyclic amines) is 1. The van der Waals surface area contributed by atoms with Crippen molar-refractivity contribution < 1.29 is 30.8 Å². The Hall–Kier alpha value is -2.68. The normalized spacial score (nSPS) is 31.1. The van der Waals surface area contributed by atoms with E-state index in [1.54, 1.807) is 17.0 Å². The van der Waals surface area contributed by atoms with Crippen LogP contribution in [0.15, 0.2) is 38.9 Å². The summed E-state index contributed by atoms with van der Waals surface area (Å²) in [7, 11) is -7.90. The van der Waals surface area contributed by atoms with E-state index in [9.17, 15) is 30.8 Å². The number of hydrogen-bond acceptors (Lipinski definition) is 8. The van der Waals surface area contributed by atoms with Gasteiger partial charge in [0.15, 0.2) is 11.7 Å². The molecule has 2 bridgehead atoms. The molecule has 208 valence electrons. The Morgan fingerprint density at radius 3 is 2.56 bits per heavy atom. The highest BCUT2D eigenvalue weighted by molar-refractivity contribution is 7.91. The lowest BCUT2D eigenvalue weighted by atomic mass is 9.73. The Balaban J connectivity index is 1.37. The van der Waals surface area contributed by atoms with Crippen molar-refractivity contribution in [3.8, 4) is 0 Å². The van der Waals surface area contributed by atoms with E-state index in [0.29, 0.717) is 5.56 Å². The minimum absolute atomic E-state index is 0.0885. The monoisotopic (exact) mass is 594 g/mol. The number of halogens is 1. The van der Waals surface area contributed by atoms with Crippen molar-refractivity contribution >= 4 is 53.9 Å². The molecule has 1 aromatic heterocycles. The molecule has 1 aromatic carbocycles. The highest BCUT2D eigenvalue weighted by atomic mass is 32.2. The number of Topliss-reactive ketones (excluding diaryl/α,β-unsaturated/α-hetero) is 1. The smallest absolute Gasteiger partial charge is 0.287 e. The largest absolute Gasteiger partial charge is 0.333 e. The molecule has 0 radical (unpaired) electrons. The second-order valence-corrected chi connectivity index (χ2v) is 15.1. The van der Waals surface area contributed by atoms with Gasteiger partial charge in [0, 0.05) is 30.6 Å². The van der Waals surface area contributed by atoms with Gasteiger partial charge in [0.2, 0.25) is 15.9 Å². The number of hydrogen-bond donors (Lipinski definition) is 2. The molecule has 2 N–H and O–H groups in total. The number of piperidine rings is 1. The lowest BCUT2D eigenvalue weighted by molar-refractivity contribution is -0.153. The molecule has 6 atom stereocenters. The number of rotatable bonds is 6. The molecule has 4 aliphatic rings. The Morgan fingerprint density at radius 2 is 1.87 bits per heavy atom. The van der Waals surface area contributed by atoms with Crippen LogP contribution in [-0.2, 0) is 42.7 Å². The first-order chi connectivity index (χ1) is 18.4. The van der Waals surface area contributed by atoms with Gasteiger partial charge in [0.25, 0.3) is 10.0 Å². The molecular formula is C25H27FN4O6S3. The van der Waals surface area contributed by atoms with Gasteiger partial charge in [0.1, 0.15) is 21.5 Å². The predicted molar refractivity (Wildman–Crippen MR) is 142 cm³/mol. The van der Waals surface area contributed by atoms with Crippen LogP contribution in [-0.4, -0.2) is 51.6 Å². The van der Waals surface area contributed by atoms with E-state index in [4.69, 9.17) is 0 Å². The van der Waals surface area contributed by atoms with E-state index in [1.807, 2.05) is 0 Å². The van der Waals surface area contributed by atoms with Crippen LogP contribution in [0.2, 0.25) is 0 Å². The number of sulfonamides is 2. The average Bonchev–Trinajstić information content (AvgIpc) is 3.52. The third kappa shape index (κ3) is 4.41. The van der Waals surface area contributed by atoms with E-state index in [2.05, 4.69) is 21.4 Å². The van der Waals surface area contributed by atoms with Gasteiger partial charge in [-0.2, -0.15) is 8.42 Å². The van der Waals surface area contributed by atoms with Crippen molar-refractivity contribution in [2.45, 2.75) is 43.8 Å². The highest BCUT2D eigenvalue weighted by Gasteiger charge is 2.63. The number of carbonyl (C=O) groups is 2. The number of benzene rings is 1. The molecular weight excluding hydrogens is 567 g/mol. The van der Waals surface area contributed by atoms with Gasteiger partial charge in [0.05, 0.1) is 6.26 Å². The van der Waals surface area contributed by atoms with Crippen LogP contribution in [0.5, 0.6) is 0 Å². The van der Waals surface area contributed by atoms with Crippen LogP contribution in [0.25, 0.3) is 0 Å². The number of nitrogens with zero attached hydrogens (tertiary/aromatic N) is 2. The maximum Gasteiger partial charge on any atom is 0.287 e. The van der Waals surface area contributed by atoms with Crippen LogP contribution >= 0.6 is 11.3 Å². The summed E-state index contributed by atoms with van der Waals surface area (Å²) in [5, 5.41) is 4.61. The van der Waals surface area contributed by atoms with E-state index >= 15 is 0 Å². The summed E-state index contributed by atoms with van der Waals surface area (Å²) in [6, 6.07) is 5.55. The number of amides is 1. The second-order valence-electron chi connectivity index (χ2n) is 10.8. The van der Waals surface area contributed by atoms with Crippen LogP contribution in [0.1, 0.15) is 30.9 Å². The summed E-state index contributed by atoms with van der Waals surface area (Å²) in [4.78, 5) is 29.5. The van der Waals surface area contributed by atoms with Crippen molar-refractivity contribution in [1.29, 1.82) is 0 Å². The summed E-state index contributed by atoms with van der Waals surface area (Å²) < 4.78 is 69.4. The summed E-state index contributed by atoms with van der Waals surface area (Å²) in [6.07, 6.45) is 2.75. The number of carbonyl (C=O) groups excluding carboxylic acids is 2. The van der Waals surface area contributed by atoms with Crippen LogP contribution in [0.3, 0.4) is 0 Å². The summed E-state index contributed by atoms with van der Waals surface area (Å²) in [5.74, 6) is -2.84. The Bertz CT molecular complexity index is 1620. The molecule has 14 heteroatoms. The maximum atomic E-state index is 14.0. The fraction of sp³-hybridized carbons (Fsp3) is 0.480. The Labute approximate surface area is 229 Å². The average molecular weight is 595 g/mol. The molecule has 39 heavy (non-hydrogen) atoms. The molecule has 1 saturated heterocycles. The van der Waals surface area contributed by atoms with Gasteiger partial charge >= 0.3 is 0 Å². The fourth-order valence-corrected chi connectivity index (χ4v) is 9.98. The van der Waals surface area contributed by atoms with Crippen LogP contribution < -0.4 is 10.0 Å². The first-order valence-corrected chi connectivity index (χ1v) is 16.8. The molecule has 2 aliphatic heterocycles. The van der Waals surface area contributed by atoms with Crippen molar-refractivity contribution in [3.05, 3.63) is 46.6 Å². The molecule has 2 aromatic rings. The number of nitrogens with one attached hydrogen (secondary N) is 2. The minimum atomic E-state index is -4.33. The van der Waals surface area contributed by atoms with Gasteiger partial charge in [-0.3, -0.25) is 9.59 Å². The maximum absolute atomic E-state index is 14.0. The van der Waals surface area contributed by atoms with Crippen molar-refractivity contribution in [2.75, 3.05) is 11.6 Å². The van der Waals surface area contributed by atoms with Gasteiger partial charge in [-0.1, -0.05) is 19.1 Å². The Morgan fingerprint density at radius 1 is 1.18 bits per heavy atom. The molecule has 10 nitrogen and oxygen atoms in total. The molecule has 6 unspecified atom stereocenters. The first kappa shape index (κ1) is 26.5. The van der Waals surface area contributed by atoms with Gasteiger partial charge in [-0.05, 0) is 53.7 Å². The van der Waals surface area contributed by atoms with E-state index in [1.165, 1.54) is 17.5 Å². The zero-order valence-electron chi connectivity index (χ0n) is 21.1. The fourth-order valence-electron chi connectivity index (χ4n) is 6.91. The SMILES string of the molecule is CC1C2CCC1C1C2C(=O)C(C2=NS(=O)(=O)c3c(CNS(C)(=O)=O)csc3N2)C(=O)N1Cc1ccc(F)cc1. The highest BCUT2D eigenvalue weighted by Crippen LogP contribution is 2.57. The first-order valence-electron chi connectivity index (χ1n) is 12.6. The third-order valence-electron chi connectivity index (χ3n) is 8.55. The standard InChI is InChI=1S/C25H27FN4O6S3/c1-12-16-7-8-17(12)20-18(16)21(31)19(25(32)30(20)10-13-3-5-15(26)6-4-13)23-28-24-22(39(35,36)29-23)14(11-37-24)9-27-38(2,33)34/h3-6,11-12,16-20,27H,7-10H2,1-2H3,(H,28,29). The predicted octanol–water partition coefficient (Wildman–Crippen LogP) is 2.34. The number of ketones is 1. The zero-order valence-corrected chi connectivity index (χ0v) is 23.6. The minimum Gasteiger partial charge on any atom is -0.333 e. The third-order valence-corrected chi connectivity index (χ3v) is 11.7. The number of anilines is 1. The molecule has 2 aliphatic carbocycles. The van der Waals surface area contributed by atoms with Gasteiger partial charge in [-0.25, -0.2) is 17.5 Å².